The number of carbonyl (C=O) groups excluding carboxylic acids is 3. The molecule has 0 radical (unpaired) electrons. The Kier molecular flexibility index (Phi) is 4.17. The monoisotopic (exact) mass is 385 g/mol. The highest BCUT2D eigenvalue weighted by atomic mass is 16.3. The molecule has 2 saturated heterocycles. The molecule has 7 heteroatoms. The van der Waals surface area contributed by atoms with Crippen LogP contribution in [0.15, 0.2) is 12.1 Å². The molecule has 1 aromatic rings. The minimum Gasteiger partial charge on any atom is -0.392 e. The van der Waals surface area contributed by atoms with Gasteiger partial charge in [-0.25, -0.2) is 0 Å². The van der Waals surface area contributed by atoms with E-state index in [1.165, 1.54) is 4.90 Å². The number of aliphatic hydroxyl groups excluding tert-OH is 1. The zero-order valence-electron chi connectivity index (χ0n) is 16.9. The van der Waals surface area contributed by atoms with Crippen molar-refractivity contribution in [3.05, 3.63) is 28.8 Å². The number of rotatable bonds is 3. The number of nitrogens with zero attached hydrogens (tertiary/aromatic N) is 1. The van der Waals surface area contributed by atoms with Gasteiger partial charge in [-0.05, 0) is 45.2 Å². The van der Waals surface area contributed by atoms with Crippen LogP contribution in [-0.2, 0) is 19.9 Å². The van der Waals surface area contributed by atoms with Crippen LogP contribution in [0.1, 0.15) is 43.9 Å². The summed E-state index contributed by atoms with van der Waals surface area (Å²) in [7, 11) is 0. The van der Waals surface area contributed by atoms with Gasteiger partial charge in [-0.3, -0.25) is 24.6 Å². The fraction of sp³-hybridized carbons (Fsp3) is 0.571. The van der Waals surface area contributed by atoms with Crippen LogP contribution >= 0.6 is 0 Å². The third kappa shape index (κ3) is 2.14. The molecular weight excluding hydrogens is 358 g/mol. The van der Waals surface area contributed by atoms with Crippen molar-refractivity contribution >= 4 is 23.4 Å². The number of anilines is 1. The molecule has 4 unspecified atom stereocenters. The highest BCUT2D eigenvalue weighted by Crippen LogP contribution is 2.54. The van der Waals surface area contributed by atoms with Gasteiger partial charge in [-0.1, -0.05) is 19.1 Å². The number of aliphatic hydroxyl groups is 1. The summed E-state index contributed by atoms with van der Waals surface area (Å²) in [5.41, 5.74) is 2.02. The summed E-state index contributed by atoms with van der Waals surface area (Å²) in [6, 6.07) is 2.86. The predicted octanol–water partition coefficient (Wildman–Crippen LogP) is 1.20. The number of hydrogen-bond donors (Lipinski definition) is 3. The summed E-state index contributed by atoms with van der Waals surface area (Å²) in [6.45, 7) is 9.24. The van der Waals surface area contributed by atoms with E-state index in [2.05, 4.69) is 10.6 Å². The van der Waals surface area contributed by atoms with Gasteiger partial charge in [0.2, 0.25) is 17.7 Å². The first-order chi connectivity index (χ1) is 13.2. The Morgan fingerprint density at radius 1 is 1.18 bits per heavy atom. The predicted molar refractivity (Wildman–Crippen MR) is 103 cm³/mol. The third-order valence-corrected chi connectivity index (χ3v) is 6.94. The minimum absolute atomic E-state index is 0.249. The first-order valence-electron chi connectivity index (χ1n) is 9.91. The van der Waals surface area contributed by atoms with Gasteiger partial charge in [-0.2, -0.15) is 0 Å². The van der Waals surface area contributed by atoms with Crippen LogP contribution in [0, 0.1) is 25.7 Å². The molecule has 1 spiro atoms. The lowest BCUT2D eigenvalue weighted by Crippen LogP contribution is -2.55. The third-order valence-electron chi connectivity index (χ3n) is 6.94. The molecule has 3 aliphatic heterocycles. The number of carbonyl (C=O) groups is 3. The van der Waals surface area contributed by atoms with E-state index in [1.807, 2.05) is 39.8 Å². The molecule has 3 heterocycles. The molecule has 0 aliphatic carbocycles. The second-order valence-corrected chi connectivity index (χ2v) is 8.41. The zero-order chi connectivity index (χ0) is 20.5. The lowest BCUT2D eigenvalue weighted by molar-refractivity contribution is -0.145. The van der Waals surface area contributed by atoms with Crippen LogP contribution in [0.3, 0.4) is 0 Å². The first-order valence-corrected chi connectivity index (χ1v) is 9.91. The van der Waals surface area contributed by atoms with Crippen molar-refractivity contribution in [1.82, 2.24) is 10.2 Å². The molecule has 3 amide bonds. The van der Waals surface area contributed by atoms with Crippen molar-refractivity contribution < 1.29 is 19.5 Å². The molecule has 3 N–H and O–H groups in total. The van der Waals surface area contributed by atoms with Crippen molar-refractivity contribution in [2.45, 2.75) is 64.8 Å². The van der Waals surface area contributed by atoms with Gasteiger partial charge in [0.15, 0.2) is 0 Å². The molecule has 1 aromatic carbocycles. The van der Waals surface area contributed by atoms with E-state index in [-0.39, 0.29) is 23.8 Å². The van der Waals surface area contributed by atoms with Crippen molar-refractivity contribution in [1.29, 1.82) is 0 Å². The standard InChI is InChI=1S/C21H27N3O4/c1-6-10(3)24-18(26)14-15(19(24)27)21(23-17(14)12(5)25)13-8-7-9(2)11(4)16(13)22-20(21)28/h7-8,10,12,14-15,17,23,25H,6H2,1-5H3,(H,22,28)/t10?,12?,14-,15-,17?,21?/m0/s1. The molecule has 0 saturated carbocycles. The van der Waals surface area contributed by atoms with Gasteiger partial charge < -0.3 is 10.4 Å². The quantitative estimate of drug-likeness (QED) is 0.679. The first kappa shape index (κ1) is 19.1. The number of aryl methyl sites for hydroxylation is 1. The molecule has 3 aliphatic rings. The normalized spacial score (nSPS) is 33.3. The molecule has 0 bridgehead atoms. The molecule has 0 aromatic heterocycles. The van der Waals surface area contributed by atoms with Gasteiger partial charge in [-0.15, -0.1) is 0 Å². The summed E-state index contributed by atoms with van der Waals surface area (Å²) in [4.78, 5) is 41.2. The Morgan fingerprint density at radius 2 is 1.86 bits per heavy atom. The van der Waals surface area contributed by atoms with E-state index in [0.717, 1.165) is 11.1 Å². The zero-order valence-corrected chi connectivity index (χ0v) is 16.9. The molecule has 4 rings (SSSR count). The van der Waals surface area contributed by atoms with Crippen LogP contribution in [0.5, 0.6) is 0 Å². The second kappa shape index (κ2) is 6.12. The molecular formula is C21H27N3O4. The van der Waals surface area contributed by atoms with Crippen molar-refractivity contribution in [2.75, 3.05) is 5.32 Å². The maximum atomic E-state index is 13.4. The van der Waals surface area contributed by atoms with Crippen LogP contribution in [0.2, 0.25) is 0 Å². The fourth-order valence-electron chi connectivity index (χ4n) is 5.10. The lowest BCUT2D eigenvalue weighted by Gasteiger charge is -2.31. The Balaban J connectivity index is 1.93. The van der Waals surface area contributed by atoms with Gasteiger partial charge in [0, 0.05) is 23.3 Å². The molecule has 2 fully saturated rings. The molecule has 28 heavy (non-hydrogen) atoms. The van der Waals surface area contributed by atoms with E-state index in [9.17, 15) is 19.5 Å². The Hall–Kier alpha value is -2.25. The summed E-state index contributed by atoms with van der Waals surface area (Å²) < 4.78 is 0. The van der Waals surface area contributed by atoms with Crippen LogP contribution in [0.4, 0.5) is 5.69 Å². The second-order valence-electron chi connectivity index (χ2n) is 8.41. The average Bonchev–Trinajstić information content (AvgIpc) is 3.24. The Morgan fingerprint density at radius 3 is 2.46 bits per heavy atom. The summed E-state index contributed by atoms with van der Waals surface area (Å²) in [6.07, 6.45) is -0.249. The number of hydrogen-bond acceptors (Lipinski definition) is 5. The fourth-order valence-corrected chi connectivity index (χ4v) is 5.10. The van der Waals surface area contributed by atoms with Gasteiger partial charge in [0.1, 0.15) is 5.54 Å². The smallest absolute Gasteiger partial charge is 0.250 e. The van der Waals surface area contributed by atoms with E-state index in [0.29, 0.717) is 17.7 Å². The highest BCUT2D eigenvalue weighted by molar-refractivity contribution is 6.15. The van der Waals surface area contributed by atoms with E-state index < -0.39 is 29.5 Å². The average molecular weight is 385 g/mol. The Bertz CT molecular complexity index is 896. The number of benzene rings is 1. The number of imide groups is 1. The summed E-state index contributed by atoms with van der Waals surface area (Å²) in [5, 5.41) is 16.6. The van der Waals surface area contributed by atoms with Crippen molar-refractivity contribution in [2.24, 2.45) is 11.8 Å². The minimum atomic E-state index is -1.34. The summed E-state index contributed by atoms with van der Waals surface area (Å²) in [5.74, 6) is -2.59. The lowest BCUT2D eigenvalue weighted by atomic mass is 9.76. The SMILES string of the molecule is CCC(C)N1C(=O)[C@@H]2C(C(C)O)NC3(C(=O)Nc4c3ccc(C)c4C)[C@@H]2C1=O. The van der Waals surface area contributed by atoms with Gasteiger partial charge >= 0.3 is 0 Å². The topological polar surface area (TPSA) is 98.7 Å². The van der Waals surface area contributed by atoms with Crippen LogP contribution in [0.25, 0.3) is 0 Å². The maximum Gasteiger partial charge on any atom is 0.250 e. The maximum absolute atomic E-state index is 13.4. The molecule has 6 atom stereocenters. The largest absolute Gasteiger partial charge is 0.392 e. The van der Waals surface area contributed by atoms with Crippen molar-refractivity contribution in [3.8, 4) is 0 Å². The Labute approximate surface area is 164 Å². The summed E-state index contributed by atoms with van der Waals surface area (Å²) >= 11 is 0. The highest BCUT2D eigenvalue weighted by Gasteiger charge is 2.71. The number of nitrogens with one attached hydrogen (secondary N) is 2. The van der Waals surface area contributed by atoms with Gasteiger partial charge in [0.25, 0.3) is 0 Å². The van der Waals surface area contributed by atoms with Crippen LogP contribution in [-0.4, -0.2) is 45.9 Å². The molecule has 150 valence electrons. The van der Waals surface area contributed by atoms with Gasteiger partial charge in [0.05, 0.1) is 17.9 Å². The van der Waals surface area contributed by atoms with E-state index in [1.54, 1.807) is 6.92 Å². The van der Waals surface area contributed by atoms with E-state index >= 15 is 0 Å². The number of likely N-dealkylation sites (tertiary alicyclic amines) is 1. The van der Waals surface area contributed by atoms with E-state index in [4.69, 9.17) is 0 Å². The number of fused-ring (bicyclic) bond motifs is 4. The van der Waals surface area contributed by atoms with Crippen LogP contribution < -0.4 is 10.6 Å². The van der Waals surface area contributed by atoms with Crippen molar-refractivity contribution in [3.63, 3.8) is 0 Å². The molecule has 7 nitrogen and oxygen atoms in total. The number of amides is 3.